The first-order valence-corrected chi connectivity index (χ1v) is 10.2. The van der Waals surface area contributed by atoms with Gasteiger partial charge in [0.1, 0.15) is 17.5 Å². The van der Waals surface area contributed by atoms with E-state index < -0.39 is 11.6 Å². The number of hydrogen-bond acceptors (Lipinski definition) is 6. The fraction of sp³-hybridized carbons (Fsp3) is 0.217. The zero-order chi connectivity index (χ0) is 22.5. The van der Waals surface area contributed by atoms with Gasteiger partial charge in [0.2, 0.25) is 5.91 Å². The van der Waals surface area contributed by atoms with Gasteiger partial charge < -0.3 is 15.1 Å². The molecule has 1 aromatic carbocycles. The zero-order valence-electron chi connectivity index (χ0n) is 17.5. The summed E-state index contributed by atoms with van der Waals surface area (Å²) in [5, 5.41) is 11.6. The number of nitrogens with zero attached hydrogens (tertiary/aromatic N) is 5. The van der Waals surface area contributed by atoms with E-state index in [1.165, 1.54) is 12.2 Å². The maximum absolute atomic E-state index is 13.7. The van der Waals surface area contributed by atoms with Gasteiger partial charge in [0.25, 0.3) is 0 Å². The molecule has 9 heteroatoms. The number of nitrogens with one attached hydrogen (secondary N) is 1. The van der Waals surface area contributed by atoms with Crippen LogP contribution in [0.1, 0.15) is 11.1 Å². The second-order valence-corrected chi connectivity index (χ2v) is 7.43. The van der Waals surface area contributed by atoms with Crippen LogP contribution in [0.3, 0.4) is 0 Å². The van der Waals surface area contributed by atoms with Gasteiger partial charge in [0.15, 0.2) is 11.6 Å². The summed E-state index contributed by atoms with van der Waals surface area (Å²) in [6.07, 6.45) is 4.30. The minimum Gasteiger partial charge on any atom is -0.352 e. The molecule has 7 nitrogen and oxygen atoms in total. The van der Waals surface area contributed by atoms with Crippen LogP contribution in [-0.4, -0.2) is 52.2 Å². The Morgan fingerprint density at radius 3 is 2.53 bits per heavy atom. The van der Waals surface area contributed by atoms with Crippen LogP contribution in [0.25, 0.3) is 6.08 Å². The van der Waals surface area contributed by atoms with Gasteiger partial charge >= 0.3 is 0 Å². The molecular formula is C23H22F2N6O. The second kappa shape index (κ2) is 9.51. The van der Waals surface area contributed by atoms with Crippen LogP contribution >= 0.6 is 0 Å². The Morgan fingerprint density at radius 1 is 1.00 bits per heavy atom. The van der Waals surface area contributed by atoms with Crippen molar-refractivity contribution in [1.82, 2.24) is 20.1 Å². The minimum atomic E-state index is -0.574. The normalized spacial score (nSPS) is 14.1. The van der Waals surface area contributed by atoms with Crippen molar-refractivity contribution < 1.29 is 13.6 Å². The van der Waals surface area contributed by atoms with Crippen molar-refractivity contribution in [1.29, 1.82) is 0 Å². The molecule has 0 aliphatic carbocycles. The van der Waals surface area contributed by atoms with E-state index in [0.717, 1.165) is 29.6 Å². The molecule has 1 amide bonds. The highest BCUT2D eigenvalue weighted by Gasteiger charge is 2.21. The number of piperazine rings is 1. The molecule has 1 aliphatic heterocycles. The van der Waals surface area contributed by atoms with Crippen molar-refractivity contribution in [3.8, 4) is 0 Å². The topological polar surface area (TPSA) is 74.2 Å². The zero-order valence-corrected chi connectivity index (χ0v) is 17.5. The number of hydrogen-bond donors (Lipinski definition) is 1. The van der Waals surface area contributed by atoms with Gasteiger partial charge in [-0.05, 0) is 61.0 Å². The summed E-state index contributed by atoms with van der Waals surface area (Å²) in [6, 6.07) is 10.7. The third-order valence-corrected chi connectivity index (χ3v) is 5.10. The van der Waals surface area contributed by atoms with Gasteiger partial charge in [-0.1, -0.05) is 0 Å². The van der Waals surface area contributed by atoms with Crippen molar-refractivity contribution in [3.63, 3.8) is 0 Å². The van der Waals surface area contributed by atoms with Crippen LogP contribution < -0.4 is 10.2 Å². The molecule has 2 aromatic heterocycles. The van der Waals surface area contributed by atoms with Gasteiger partial charge in [-0.2, -0.15) is 0 Å². The lowest BCUT2D eigenvalue weighted by molar-refractivity contribution is -0.126. The summed E-state index contributed by atoms with van der Waals surface area (Å²) < 4.78 is 27.0. The van der Waals surface area contributed by atoms with Crippen molar-refractivity contribution >= 4 is 29.4 Å². The number of benzene rings is 1. The molecule has 0 atom stereocenters. The Labute approximate surface area is 184 Å². The number of anilines is 3. The number of halogens is 2. The Balaban J connectivity index is 1.31. The van der Waals surface area contributed by atoms with Crippen LogP contribution in [0.5, 0.6) is 0 Å². The Bertz CT molecular complexity index is 1130. The lowest BCUT2D eigenvalue weighted by Gasteiger charge is -2.34. The van der Waals surface area contributed by atoms with E-state index in [4.69, 9.17) is 0 Å². The third kappa shape index (κ3) is 5.23. The molecule has 1 fully saturated rings. The predicted octanol–water partition coefficient (Wildman–Crippen LogP) is 3.56. The molecule has 32 heavy (non-hydrogen) atoms. The van der Waals surface area contributed by atoms with E-state index in [-0.39, 0.29) is 11.5 Å². The maximum Gasteiger partial charge on any atom is 0.246 e. The van der Waals surface area contributed by atoms with Crippen molar-refractivity contribution in [2.45, 2.75) is 6.92 Å². The number of amides is 1. The highest BCUT2D eigenvalue weighted by Crippen LogP contribution is 2.17. The summed E-state index contributed by atoms with van der Waals surface area (Å²) in [4.78, 5) is 20.4. The molecule has 0 radical (unpaired) electrons. The van der Waals surface area contributed by atoms with Crippen molar-refractivity contribution in [2.75, 3.05) is 36.4 Å². The molecule has 3 heterocycles. The van der Waals surface area contributed by atoms with Crippen molar-refractivity contribution in [2.24, 2.45) is 0 Å². The standard InChI is InChI=1S/C23H22F2N6O/c1-16-8-9-26-21(14-16)27-20-5-6-22(29-28-20)30-10-12-31(13-11-30)23(32)7-2-17-15-18(24)3-4-19(17)25/h2-9,14-15H,10-13H2,1H3,(H,26,27,28)/b7-2+. The van der Waals surface area contributed by atoms with E-state index in [0.29, 0.717) is 37.8 Å². The molecule has 164 valence electrons. The third-order valence-electron chi connectivity index (χ3n) is 5.10. The van der Waals surface area contributed by atoms with Crippen LogP contribution in [0.4, 0.5) is 26.2 Å². The molecule has 0 saturated carbocycles. The smallest absolute Gasteiger partial charge is 0.246 e. The molecular weight excluding hydrogens is 414 g/mol. The van der Waals surface area contributed by atoms with E-state index in [1.54, 1.807) is 11.1 Å². The SMILES string of the molecule is Cc1ccnc(Nc2ccc(N3CCN(C(=O)/C=C/c4cc(F)ccc4F)CC3)nn2)c1. The number of carbonyl (C=O) groups excluding carboxylic acids is 1. The molecule has 1 aliphatic rings. The van der Waals surface area contributed by atoms with E-state index in [1.807, 2.05) is 36.1 Å². The number of aromatic nitrogens is 3. The molecule has 0 bridgehead atoms. The quantitative estimate of drug-likeness (QED) is 0.617. The molecule has 0 spiro atoms. The number of carbonyl (C=O) groups is 1. The largest absolute Gasteiger partial charge is 0.352 e. The summed E-state index contributed by atoms with van der Waals surface area (Å²) in [6.45, 7) is 4.15. The average Bonchev–Trinajstić information content (AvgIpc) is 2.80. The first kappa shape index (κ1) is 21.4. The summed E-state index contributed by atoms with van der Waals surface area (Å²) in [5.74, 6) is 0.641. The van der Waals surface area contributed by atoms with Gasteiger partial charge in [-0.25, -0.2) is 13.8 Å². The lowest BCUT2D eigenvalue weighted by Crippen LogP contribution is -2.48. The number of rotatable bonds is 5. The summed E-state index contributed by atoms with van der Waals surface area (Å²) in [5.41, 5.74) is 1.14. The average molecular weight is 436 g/mol. The fourth-order valence-electron chi connectivity index (χ4n) is 3.36. The van der Waals surface area contributed by atoms with Gasteiger partial charge in [-0.15, -0.1) is 10.2 Å². The second-order valence-electron chi connectivity index (χ2n) is 7.43. The predicted molar refractivity (Wildman–Crippen MR) is 118 cm³/mol. The fourth-order valence-corrected chi connectivity index (χ4v) is 3.36. The van der Waals surface area contributed by atoms with Crippen LogP contribution in [0.15, 0.2) is 54.7 Å². The molecule has 1 saturated heterocycles. The minimum absolute atomic E-state index is 0.0434. The highest BCUT2D eigenvalue weighted by molar-refractivity contribution is 5.92. The van der Waals surface area contributed by atoms with Crippen molar-refractivity contribution in [3.05, 3.63) is 77.5 Å². The highest BCUT2D eigenvalue weighted by atomic mass is 19.1. The van der Waals surface area contributed by atoms with E-state index in [2.05, 4.69) is 20.5 Å². The van der Waals surface area contributed by atoms with Gasteiger partial charge in [0.05, 0.1) is 0 Å². The van der Waals surface area contributed by atoms with Crippen LogP contribution in [0, 0.1) is 18.6 Å². The Kier molecular flexibility index (Phi) is 6.34. The van der Waals surface area contributed by atoms with Crippen LogP contribution in [0.2, 0.25) is 0 Å². The van der Waals surface area contributed by atoms with E-state index in [9.17, 15) is 13.6 Å². The lowest BCUT2D eigenvalue weighted by atomic mass is 10.2. The Hall–Kier alpha value is -3.88. The number of aryl methyl sites for hydroxylation is 1. The molecule has 1 N–H and O–H groups in total. The Morgan fingerprint density at radius 2 is 1.81 bits per heavy atom. The van der Waals surface area contributed by atoms with Gasteiger partial charge in [0, 0.05) is 44.0 Å². The summed E-state index contributed by atoms with van der Waals surface area (Å²) in [7, 11) is 0. The summed E-state index contributed by atoms with van der Waals surface area (Å²) >= 11 is 0. The molecule has 3 aromatic rings. The monoisotopic (exact) mass is 436 g/mol. The first-order valence-electron chi connectivity index (χ1n) is 10.2. The van der Waals surface area contributed by atoms with Crippen LogP contribution in [-0.2, 0) is 4.79 Å². The first-order chi connectivity index (χ1) is 15.5. The molecule has 0 unspecified atom stereocenters. The molecule has 4 rings (SSSR count). The maximum atomic E-state index is 13.7. The van der Waals surface area contributed by atoms with E-state index >= 15 is 0 Å². The van der Waals surface area contributed by atoms with Gasteiger partial charge in [-0.3, -0.25) is 4.79 Å². The number of pyridine rings is 1.